The van der Waals surface area contributed by atoms with Gasteiger partial charge in [0.1, 0.15) is 11.5 Å². The van der Waals surface area contributed by atoms with E-state index in [-0.39, 0.29) is 0 Å². The zero-order chi connectivity index (χ0) is 11.5. The van der Waals surface area contributed by atoms with Crippen molar-refractivity contribution in [1.82, 2.24) is 5.16 Å². The van der Waals surface area contributed by atoms with E-state index in [0.717, 1.165) is 28.4 Å². The molecule has 0 fully saturated rings. The van der Waals surface area contributed by atoms with Gasteiger partial charge in [-0.05, 0) is 25.5 Å². The van der Waals surface area contributed by atoms with Crippen molar-refractivity contribution in [3.63, 3.8) is 0 Å². The molecule has 0 saturated carbocycles. The number of aryl methyl sites for hydroxylation is 2. The first-order valence-corrected chi connectivity index (χ1v) is 5.18. The monoisotopic (exact) mass is 217 g/mol. The lowest BCUT2D eigenvalue weighted by Gasteiger charge is -2.09. The van der Waals surface area contributed by atoms with E-state index >= 15 is 0 Å². The Morgan fingerprint density at radius 2 is 2.19 bits per heavy atom. The molecule has 0 saturated heterocycles. The molecule has 0 bridgehead atoms. The van der Waals surface area contributed by atoms with Crippen molar-refractivity contribution < 1.29 is 4.52 Å². The topological polar surface area (TPSA) is 64.1 Å². The first-order chi connectivity index (χ1) is 7.66. The number of anilines is 2. The molecule has 0 radical (unpaired) electrons. The molecule has 0 atom stereocenters. The second kappa shape index (κ2) is 4.26. The summed E-state index contributed by atoms with van der Waals surface area (Å²) in [7, 11) is 0. The van der Waals surface area contributed by atoms with Gasteiger partial charge in [-0.25, -0.2) is 0 Å². The van der Waals surface area contributed by atoms with E-state index in [0.29, 0.717) is 6.54 Å². The highest BCUT2D eigenvalue weighted by Crippen LogP contribution is 2.22. The predicted octanol–water partition coefficient (Wildman–Crippen LogP) is 2.49. The fourth-order valence-electron chi connectivity index (χ4n) is 1.52. The Morgan fingerprint density at radius 3 is 2.88 bits per heavy atom. The van der Waals surface area contributed by atoms with Crippen LogP contribution < -0.4 is 11.1 Å². The van der Waals surface area contributed by atoms with Crippen LogP contribution in [0.1, 0.15) is 17.0 Å². The van der Waals surface area contributed by atoms with Gasteiger partial charge in [0, 0.05) is 6.07 Å². The molecule has 4 heteroatoms. The Balaban J connectivity index is 2.07. The first-order valence-electron chi connectivity index (χ1n) is 5.18. The highest BCUT2D eigenvalue weighted by Gasteiger charge is 2.03. The number of nitrogens with two attached hydrogens (primary N) is 1. The molecule has 2 aromatic rings. The molecule has 0 amide bonds. The maximum atomic E-state index is 5.95. The summed E-state index contributed by atoms with van der Waals surface area (Å²) in [6.07, 6.45) is 0. The minimum absolute atomic E-state index is 0.616. The third-order valence-corrected chi connectivity index (χ3v) is 2.46. The molecule has 0 aliphatic rings. The van der Waals surface area contributed by atoms with Crippen LogP contribution in [0, 0.1) is 13.8 Å². The highest BCUT2D eigenvalue weighted by atomic mass is 16.5. The Bertz CT molecular complexity index is 491. The second-order valence-electron chi connectivity index (χ2n) is 3.82. The lowest BCUT2D eigenvalue weighted by Crippen LogP contribution is -2.03. The number of aromatic nitrogens is 1. The van der Waals surface area contributed by atoms with Crippen LogP contribution in [0.4, 0.5) is 11.4 Å². The summed E-state index contributed by atoms with van der Waals surface area (Å²) >= 11 is 0. The summed E-state index contributed by atoms with van der Waals surface area (Å²) in [5.74, 6) is 0.814. The maximum absolute atomic E-state index is 5.95. The molecule has 4 nitrogen and oxygen atoms in total. The smallest absolute Gasteiger partial charge is 0.133 e. The van der Waals surface area contributed by atoms with E-state index in [1.54, 1.807) is 0 Å². The quantitative estimate of drug-likeness (QED) is 0.775. The second-order valence-corrected chi connectivity index (χ2v) is 3.82. The van der Waals surface area contributed by atoms with Crippen LogP contribution in [0.2, 0.25) is 0 Å². The molecule has 16 heavy (non-hydrogen) atoms. The fourth-order valence-corrected chi connectivity index (χ4v) is 1.52. The lowest BCUT2D eigenvalue weighted by atomic mass is 10.1. The van der Waals surface area contributed by atoms with Gasteiger partial charge in [0.15, 0.2) is 0 Å². The Kier molecular flexibility index (Phi) is 2.81. The number of hydrogen-bond donors (Lipinski definition) is 2. The van der Waals surface area contributed by atoms with Gasteiger partial charge in [-0.1, -0.05) is 17.3 Å². The van der Waals surface area contributed by atoms with Gasteiger partial charge >= 0.3 is 0 Å². The van der Waals surface area contributed by atoms with E-state index in [1.165, 1.54) is 0 Å². The van der Waals surface area contributed by atoms with Gasteiger partial charge in [-0.3, -0.25) is 0 Å². The molecule has 84 valence electrons. The predicted molar refractivity (Wildman–Crippen MR) is 64.2 cm³/mol. The standard InChI is InChI=1S/C12H15N3O/c1-8-4-3-5-11(12(8)13)14-7-10-6-9(2)16-15-10/h3-6,14H,7,13H2,1-2H3. The van der Waals surface area contributed by atoms with E-state index in [2.05, 4.69) is 10.5 Å². The van der Waals surface area contributed by atoms with Crippen LogP contribution in [-0.4, -0.2) is 5.16 Å². The summed E-state index contributed by atoms with van der Waals surface area (Å²) in [5, 5.41) is 7.14. The summed E-state index contributed by atoms with van der Waals surface area (Å²) in [6.45, 7) is 4.48. The molecular formula is C12H15N3O. The van der Waals surface area contributed by atoms with Crippen molar-refractivity contribution >= 4 is 11.4 Å². The Labute approximate surface area is 94.4 Å². The van der Waals surface area contributed by atoms with E-state index < -0.39 is 0 Å². The number of nitrogen functional groups attached to an aromatic ring is 1. The van der Waals surface area contributed by atoms with Crippen molar-refractivity contribution in [2.24, 2.45) is 0 Å². The van der Waals surface area contributed by atoms with Crippen LogP contribution in [0.25, 0.3) is 0 Å². The van der Waals surface area contributed by atoms with Gasteiger partial charge in [0.2, 0.25) is 0 Å². The number of nitrogens with zero attached hydrogens (tertiary/aromatic N) is 1. The molecule has 0 unspecified atom stereocenters. The molecule has 1 aromatic heterocycles. The Hall–Kier alpha value is -1.97. The van der Waals surface area contributed by atoms with E-state index in [4.69, 9.17) is 10.3 Å². The van der Waals surface area contributed by atoms with E-state index in [1.807, 2.05) is 38.1 Å². The fraction of sp³-hybridized carbons (Fsp3) is 0.250. The molecule has 0 spiro atoms. The third-order valence-electron chi connectivity index (χ3n) is 2.46. The summed E-state index contributed by atoms with van der Waals surface area (Å²) < 4.78 is 4.99. The van der Waals surface area contributed by atoms with Crippen molar-refractivity contribution in [2.45, 2.75) is 20.4 Å². The van der Waals surface area contributed by atoms with Gasteiger partial charge < -0.3 is 15.6 Å². The van der Waals surface area contributed by atoms with Crippen LogP contribution in [0.3, 0.4) is 0 Å². The number of para-hydroxylation sites is 1. The molecule has 1 heterocycles. The lowest BCUT2D eigenvalue weighted by molar-refractivity contribution is 0.391. The van der Waals surface area contributed by atoms with Crippen LogP contribution in [0.15, 0.2) is 28.8 Å². The molecule has 1 aromatic carbocycles. The number of benzene rings is 1. The van der Waals surface area contributed by atoms with Gasteiger partial charge in [-0.15, -0.1) is 0 Å². The minimum atomic E-state index is 0.616. The molecule has 0 aliphatic heterocycles. The molecule has 2 rings (SSSR count). The molecule has 3 N–H and O–H groups in total. The van der Waals surface area contributed by atoms with Gasteiger partial charge in [0.25, 0.3) is 0 Å². The largest absolute Gasteiger partial charge is 0.397 e. The molecule has 0 aliphatic carbocycles. The Morgan fingerprint density at radius 1 is 1.38 bits per heavy atom. The average molecular weight is 217 g/mol. The highest BCUT2D eigenvalue weighted by molar-refractivity contribution is 5.69. The van der Waals surface area contributed by atoms with Crippen LogP contribution >= 0.6 is 0 Å². The first kappa shape index (κ1) is 10.5. The zero-order valence-corrected chi connectivity index (χ0v) is 9.45. The number of nitrogens with one attached hydrogen (secondary N) is 1. The van der Waals surface area contributed by atoms with E-state index in [9.17, 15) is 0 Å². The summed E-state index contributed by atoms with van der Waals surface area (Å²) in [4.78, 5) is 0. The van der Waals surface area contributed by atoms with Gasteiger partial charge in [-0.2, -0.15) is 0 Å². The average Bonchev–Trinajstić information content (AvgIpc) is 2.67. The van der Waals surface area contributed by atoms with Gasteiger partial charge in [0.05, 0.1) is 17.9 Å². The SMILES string of the molecule is Cc1cc(CNc2cccc(C)c2N)no1. The van der Waals surface area contributed by atoms with Crippen molar-refractivity contribution in [3.8, 4) is 0 Å². The van der Waals surface area contributed by atoms with Crippen molar-refractivity contribution in [1.29, 1.82) is 0 Å². The number of rotatable bonds is 3. The van der Waals surface area contributed by atoms with Crippen LogP contribution in [-0.2, 0) is 6.54 Å². The maximum Gasteiger partial charge on any atom is 0.133 e. The minimum Gasteiger partial charge on any atom is -0.397 e. The zero-order valence-electron chi connectivity index (χ0n) is 9.45. The summed E-state index contributed by atoms with van der Waals surface area (Å²) in [6, 6.07) is 7.82. The third kappa shape index (κ3) is 2.16. The summed E-state index contributed by atoms with van der Waals surface area (Å²) in [5.41, 5.74) is 9.60. The molecular weight excluding hydrogens is 202 g/mol. The van der Waals surface area contributed by atoms with Crippen molar-refractivity contribution in [2.75, 3.05) is 11.1 Å². The normalized spacial score (nSPS) is 10.4. The van der Waals surface area contributed by atoms with Crippen molar-refractivity contribution in [3.05, 3.63) is 41.3 Å². The van der Waals surface area contributed by atoms with Crippen LogP contribution in [0.5, 0.6) is 0 Å². The number of hydrogen-bond acceptors (Lipinski definition) is 4.